The number of carbonyl (C=O) groups is 3. The minimum atomic E-state index is -1.06. The number of primary amides is 1. The van der Waals surface area contributed by atoms with E-state index in [1.54, 1.807) is 0 Å². The molecular weight excluding hydrogens is 252 g/mol. The number of carbonyl (C=O) groups excluding carboxylic acids is 2. The van der Waals surface area contributed by atoms with Crippen molar-refractivity contribution in [1.82, 2.24) is 15.6 Å². The number of urea groups is 1. The standard InChI is InChI=1S/C11H14N4O4/c12-9(16)2-4-14-11(19)15-6-8-5-7(10(17)18)1-3-13-8/h1,3,5H,2,4,6H2,(H2,12,16)(H,17,18)(H2,14,15,19). The summed E-state index contributed by atoms with van der Waals surface area (Å²) in [4.78, 5) is 36.4. The molecule has 1 aromatic rings. The van der Waals surface area contributed by atoms with Gasteiger partial charge in [-0.3, -0.25) is 9.78 Å². The monoisotopic (exact) mass is 266 g/mol. The van der Waals surface area contributed by atoms with Gasteiger partial charge in [0, 0.05) is 19.2 Å². The van der Waals surface area contributed by atoms with E-state index in [4.69, 9.17) is 10.8 Å². The summed E-state index contributed by atoms with van der Waals surface area (Å²) in [5, 5.41) is 13.7. The maximum atomic E-state index is 11.3. The zero-order chi connectivity index (χ0) is 14.3. The predicted molar refractivity (Wildman–Crippen MR) is 65.2 cm³/mol. The maximum absolute atomic E-state index is 11.3. The number of aromatic carboxylic acids is 1. The van der Waals surface area contributed by atoms with Gasteiger partial charge in [0.2, 0.25) is 5.91 Å². The van der Waals surface area contributed by atoms with Crippen molar-refractivity contribution in [3.8, 4) is 0 Å². The summed E-state index contributed by atoms with van der Waals surface area (Å²) in [6.07, 6.45) is 1.41. The van der Waals surface area contributed by atoms with Crippen molar-refractivity contribution in [2.24, 2.45) is 5.73 Å². The molecule has 0 aliphatic rings. The lowest BCUT2D eigenvalue weighted by Crippen LogP contribution is -2.36. The first-order valence-corrected chi connectivity index (χ1v) is 5.47. The number of carboxylic acid groups (broad SMARTS) is 1. The first kappa shape index (κ1) is 14.4. The number of rotatable bonds is 6. The van der Waals surface area contributed by atoms with Crippen LogP contribution < -0.4 is 16.4 Å². The first-order chi connectivity index (χ1) is 8.99. The van der Waals surface area contributed by atoms with Gasteiger partial charge in [-0.15, -0.1) is 0 Å². The second-order valence-corrected chi connectivity index (χ2v) is 3.67. The maximum Gasteiger partial charge on any atom is 0.335 e. The van der Waals surface area contributed by atoms with Crippen LogP contribution in [0.1, 0.15) is 22.5 Å². The number of hydrogen-bond acceptors (Lipinski definition) is 4. The molecule has 5 N–H and O–H groups in total. The van der Waals surface area contributed by atoms with Gasteiger partial charge >= 0.3 is 12.0 Å². The Labute approximate surface area is 109 Å². The van der Waals surface area contributed by atoms with E-state index in [2.05, 4.69) is 15.6 Å². The van der Waals surface area contributed by atoms with E-state index in [1.165, 1.54) is 18.3 Å². The Morgan fingerprint density at radius 2 is 2.05 bits per heavy atom. The molecule has 0 fully saturated rings. The number of aromatic nitrogens is 1. The van der Waals surface area contributed by atoms with Crippen LogP contribution in [-0.2, 0) is 11.3 Å². The van der Waals surface area contributed by atoms with Gasteiger partial charge in [0.25, 0.3) is 0 Å². The Bertz CT molecular complexity index is 489. The van der Waals surface area contributed by atoms with Crippen molar-refractivity contribution in [2.75, 3.05) is 6.54 Å². The topological polar surface area (TPSA) is 134 Å². The van der Waals surface area contributed by atoms with Crippen LogP contribution >= 0.6 is 0 Å². The molecule has 3 amide bonds. The second-order valence-electron chi connectivity index (χ2n) is 3.67. The fourth-order valence-corrected chi connectivity index (χ4v) is 1.24. The lowest BCUT2D eigenvalue weighted by molar-refractivity contribution is -0.117. The van der Waals surface area contributed by atoms with Gasteiger partial charge in [0.1, 0.15) is 0 Å². The van der Waals surface area contributed by atoms with Gasteiger partial charge in [-0.05, 0) is 12.1 Å². The summed E-state index contributed by atoms with van der Waals surface area (Å²) in [6, 6.07) is 2.24. The molecule has 0 bridgehead atoms. The molecule has 0 aliphatic carbocycles. The average Bonchev–Trinajstić information content (AvgIpc) is 2.36. The van der Waals surface area contributed by atoms with Crippen molar-refractivity contribution in [1.29, 1.82) is 0 Å². The number of amides is 3. The number of hydrogen-bond donors (Lipinski definition) is 4. The number of nitrogens with one attached hydrogen (secondary N) is 2. The van der Waals surface area contributed by atoms with Gasteiger partial charge < -0.3 is 21.5 Å². The van der Waals surface area contributed by atoms with E-state index >= 15 is 0 Å². The largest absolute Gasteiger partial charge is 0.478 e. The summed E-state index contributed by atoms with van der Waals surface area (Å²) in [7, 11) is 0. The molecule has 0 aromatic carbocycles. The van der Waals surface area contributed by atoms with Gasteiger partial charge in [-0.2, -0.15) is 0 Å². The zero-order valence-corrected chi connectivity index (χ0v) is 10.0. The van der Waals surface area contributed by atoms with Gasteiger partial charge in [0.15, 0.2) is 0 Å². The molecule has 0 atom stereocenters. The smallest absolute Gasteiger partial charge is 0.335 e. The molecular formula is C11H14N4O4. The Morgan fingerprint density at radius 3 is 2.68 bits per heavy atom. The highest BCUT2D eigenvalue weighted by Gasteiger charge is 2.05. The third-order valence-corrected chi connectivity index (χ3v) is 2.15. The van der Waals surface area contributed by atoms with Crippen LogP contribution in [0.4, 0.5) is 4.79 Å². The van der Waals surface area contributed by atoms with Gasteiger partial charge in [-0.1, -0.05) is 0 Å². The van der Waals surface area contributed by atoms with E-state index in [0.717, 1.165) is 0 Å². The average molecular weight is 266 g/mol. The van der Waals surface area contributed by atoms with Crippen LogP contribution in [0.5, 0.6) is 0 Å². The van der Waals surface area contributed by atoms with Crippen molar-refractivity contribution in [3.63, 3.8) is 0 Å². The van der Waals surface area contributed by atoms with E-state index in [-0.39, 0.29) is 25.1 Å². The van der Waals surface area contributed by atoms with Crippen LogP contribution in [0, 0.1) is 0 Å². The Hall–Kier alpha value is -2.64. The van der Waals surface area contributed by atoms with E-state index < -0.39 is 17.9 Å². The molecule has 102 valence electrons. The quantitative estimate of drug-likeness (QED) is 0.548. The van der Waals surface area contributed by atoms with Crippen LogP contribution in [0.3, 0.4) is 0 Å². The molecule has 19 heavy (non-hydrogen) atoms. The molecule has 0 saturated carbocycles. The summed E-state index contributed by atoms with van der Waals surface area (Å²) < 4.78 is 0. The molecule has 0 saturated heterocycles. The minimum Gasteiger partial charge on any atom is -0.478 e. The Kier molecular flexibility index (Phi) is 5.27. The highest BCUT2D eigenvalue weighted by atomic mass is 16.4. The fraction of sp³-hybridized carbons (Fsp3) is 0.273. The highest BCUT2D eigenvalue weighted by Crippen LogP contribution is 2.01. The van der Waals surface area contributed by atoms with E-state index in [1.807, 2.05) is 0 Å². The Balaban J connectivity index is 2.39. The lowest BCUT2D eigenvalue weighted by Gasteiger charge is -2.06. The third kappa shape index (κ3) is 5.48. The third-order valence-electron chi connectivity index (χ3n) is 2.15. The molecule has 0 unspecified atom stereocenters. The SMILES string of the molecule is NC(=O)CCNC(=O)NCc1cc(C(=O)O)ccn1. The van der Waals surface area contributed by atoms with E-state index in [9.17, 15) is 14.4 Å². The number of pyridine rings is 1. The van der Waals surface area contributed by atoms with Crippen LogP contribution in [-0.4, -0.2) is 34.5 Å². The Morgan fingerprint density at radius 1 is 1.32 bits per heavy atom. The minimum absolute atomic E-state index is 0.0557. The molecule has 1 heterocycles. The van der Waals surface area contributed by atoms with Crippen molar-refractivity contribution >= 4 is 17.9 Å². The summed E-state index contributed by atoms with van der Waals surface area (Å²) in [5.41, 5.74) is 5.43. The summed E-state index contributed by atoms with van der Waals surface area (Å²) in [5.74, 6) is -1.56. The highest BCUT2D eigenvalue weighted by molar-refractivity contribution is 5.87. The van der Waals surface area contributed by atoms with Crippen LogP contribution in [0.2, 0.25) is 0 Å². The fourth-order valence-electron chi connectivity index (χ4n) is 1.24. The van der Waals surface area contributed by atoms with Crippen LogP contribution in [0.25, 0.3) is 0 Å². The summed E-state index contributed by atoms with van der Waals surface area (Å²) in [6.45, 7) is 0.229. The molecule has 0 spiro atoms. The lowest BCUT2D eigenvalue weighted by atomic mass is 10.2. The normalized spacial score (nSPS) is 9.68. The number of carboxylic acids is 1. The van der Waals surface area contributed by atoms with Crippen LogP contribution in [0.15, 0.2) is 18.3 Å². The second kappa shape index (κ2) is 6.94. The van der Waals surface area contributed by atoms with Crippen molar-refractivity contribution < 1.29 is 19.5 Å². The molecule has 0 aliphatic heterocycles. The van der Waals surface area contributed by atoms with Crippen molar-refractivity contribution in [2.45, 2.75) is 13.0 Å². The van der Waals surface area contributed by atoms with Gasteiger partial charge in [0.05, 0.1) is 17.8 Å². The number of nitrogens with two attached hydrogens (primary N) is 1. The van der Waals surface area contributed by atoms with Gasteiger partial charge in [-0.25, -0.2) is 9.59 Å². The molecule has 1 rings (SSSR count). The molecule has 1 aromatic heterocycles. The number of nitrogens with zero attached hydrogens (tertiary/aromatic N) is 1. The summed E-state index contributed by atoms with van der Waals surface area (Å²) >= 11 is 0. The molecule has 8 heteroatoms. The van der Waals surface area contributed by atoms with E-state index in [0.29, 0.717) is 5.69 Å². The first-order valence-electron chi connectivity index (χ1n) is 5.47. The predicted octanol–water partition coefficient (Wildman–Crippen LogP) is -0.546. The zero-order valence-electron chi connectivity index (χ0n) is 10.0. The molecule has 0 radical (unpaired) electrons. The van der Waals surface area contributed by atoms with Crippen molar-refractivity contribution in [3.05, 3.63) is 29.6 Å². The molecule has 8 nitrogen and oxygen atoms in total.